The smallest absolute Gasteiger partial charge is 0.320 e. The maximum absolute atomic E-state index is 11.4. The van der Waals surface area contributed by atoms with Gasteiger partial charge in [0.1, 0.15) is 12.2 Å². The molecule has 0 atom stereocenters. The number of anilines is 1. The Morgan fingerprint density at radius 2 is 2.08 bits per heavy atom. The number of nitrogens with one attached hydrogen (secondary N) is 1. The lowest BCUT2D eigenvalue weighted by molar-refractivity contribution is -0.384. The van der Waals surface area contributed by atoms with E-state index in [0.29, 0.717) is 11.1 Å². The van der Waals surface area contributed by atoms with Crippen LogP contribution in [0.5, 0.6) is 0 Å². The fraction of sp³-hybridized carbons (Fsp3) is 0.562. The van der Waals surface area contributed by atoms with Crippen molar-refractivity contribution in [3.63, 3.8) is 0 Å². The maximum Gasteiger partial charge on any atom is 0.320 e. The van der Waals surface area contributed by atoms with E-state index in [4.69, 9.17) is 0 Å². The summed E-state index contributed by atoms with van der Waals surface area (Å²) in [4.78, 5) is 25.1. The number of piperidine rings is 1. The average molecular weight is 351 g/mol. The van der Waals surface area contributed by atoms with Crippen LogP contribution in [0.4, 0.5) is 11.4 Å². The first-order valence-corrected chi connectivity index (χ1v) is 8.85. The van der Waals surface area contributed by atoms with Gasteiger partial charge in [-0.3, -0.25) is 14.9 Å². The van der Waals surface area contributed by atoms with Gasteiger partial charge < -0.3 is 9.64 Å². The Hall–Kier alpha value is -1.80. The molecule has 7 nitrogen and oxygen atoms in total. The van der Waals surface area contributed by atoms with Gasteiger partial charge in [-0.15, -0.1) is 0 Å². The van der Waals surface area contributed by atoms with E-state index in [-0.39, 0.29) is 23.1 Å². The van der Waals surface area contributed by atoms with Gasteiger partial charge in [0.15, 0.2) is 0 Å². The van der Waals surface area contributed by atoms with Crippen LogP contribution in [0.3, 0.4) is 0 Å². The summed E-state index contributed by atoms with van der Waals surface area (Å²) in [5.74, 6) is -0.351. The third kappa shape index (κ3) is 3.81. The third-order valence-electron chi connectivity index (χ3n) is 4.90. The first kappa shape index (κ1) is 17.0. The molecule has 1 saturated carbocycles. The number of hydrogen-bond acceptors (Lipinski definition) is 7. The van der Waals surface area contributed by atoms with Crippen molar-refractivity contribution in [3.8, 4) is 0 Å². The van der Waals surface area contributed by atoms with Gasteiger partial charge in [-0.05, 0) is 55.2 Å². The Kier molecular flexibility index (Phi) is 4.96. The minimum absolute atomic E-state index is 0.0831. The number of methoxy groups -OCH3 is 1. The summed E-state index contributed by atoms with van der Waals surface area (Å²) in [7, 11) is 1.33. The summed E-state index contributed by atoms with van der Waals surface area (Å²) >= 11 is 1.27. The molecule has 0 amide bonds. The van der Waals surface area contributed by atoms with Gasteiger partial charge in [-0.2, -0.15) is 0 Å². The average Bonchev–Trinajstić information content (AvgIpc) is 3.34. The third-order valence-corrected chi connectivity index (χ3v) is 5.68. The van der Waals surface area contributed by atoms with Crippen molar-refractivity contribution < 1.29 is 14.5 Å². The van der Waals surface area contributed by atoms with Gasteiger partial charge in [0, 0.05) is 24.1 Å². The predicted octanol–water partition coefficient (Wildman–Crippen LogP) is 2.74. The first-order valence-electron chi connectivity index (χ1n) is 8.03. The van der Waals surface area contributed by atoms with Gasteiger partial charge in [-0.25, -0.2) is 4.72 Å². The van der Waals surface area contributed by atoms with Crippen LogP contribution in [-0.4, -0.2) is 37.6 Å². The molecule has 1 aromatic rings. The second-order valence-electron chi connectivity index (χ2n) is 6.39. The number of nitro benzene ring substituents is 1. The molecule has 1 aliphatic heterocycles. The van der Waals surface area contributed by atoms with E-state index in [2.05, 4.69) is 14.4 Å². The van der Waals surface area contributed by atoms with Crippen molar-refractivity contribution in [1.29, 1.82) is 0 Å². The number of rotatable bonds is 6. The lowest BCUT2D eigenvalue weighted by atomic mass is 9.93. The fourth-order valence-electron chi connectivity index (χ4n) is 3.12. The van der Waals surface area contributed by atoms with Crippen LogP contribution < -0.4 is 9.62 Å². The van der Waals surface area contributed by atoms with Crippen molar-refractivity contribution >= 4 is 29.3 Å². The zero-order valence-electron chi connectivity index (χ0n) is 13.6. The summed E-state index contributed by atoms with van der Waals surface area (Å²) in [6, 6.07) is 5.07. The Morgan fingerprint density at radius 3 is 2.67 bits per heavy atom. The minimum Gasteiger partial charge on any atom is -0.468 e. The van der Waals surface area contributed by atoms with Crippen LogP contribution in [0.1, 0.15) is 25.7 Å². The zero-order valence-corrected chi connectivity index (χ0v) is 14.4. The van der Waals surface area contributed by atoms with Crippen LogP contribution in [0, 0.1) is 15.5 Å². The van der Waals surface area contributed by atoms with Crippen LogP contribution in [0.25, 0.3) is 0 Å². The van der Waals surface area contributed by atoms with Crippen molar-refractivity contribution in [2.45, 2.75) is 30.6 Å². The van der Waals surface area contributed by atoms with Crippen molar-refractivity contribution in [3.05, 3.63) is 28.3 Å². The molecule has 0 unspecified atom stereocenters. The molecule has 1 spiro atoms. The Balaban J connectivity index is 1.71. The lowest BCUT2D eigenvalue weighted by Gasteiger charge is -2.33. The van der Waals surface area contributed by atoms with Gasteiger partial charge in [-0.1, -0.05) is 0 Å². The van der Waals surface area contributed by atoms with Gasteiger partial charge in [0.05, 0.1) is 12.0 Å². The largest absolute Gasteiger partial charge is 0.468 e. The summed E-state index contributed by atoms with van der Waals surface area (Å²) in [5.41, 5.74) is 1.33. The number of nitrogens with zero attached hydrogens (tertiary/aromatic N) is 2. The second kappa shape index (κ2) is 6.98. The SMILES string of the molecule is COC(=O)CNSc1ccc([N+](=O)[O-])c(N2CCC3(CC2)CC3)c1. The molecule has 0 bridgehead atoms. The molecule has 0 aromatic heterocycles. The fourth-order valence-corrected chi connectivity index (χ4v) is 3.79. The highest BCUT2D eigenvalue weighted by molar-refractivity contribution is 7.97. The topological polar surface area (TPSA) is 84.7 Å². The number of carbonyl (C=O) groups excluding carboxylic acids is 1. The molecular weight excluding hydrogens is 330 g/mol. The molecule has 1 saturated heterocycles. The van der Waals surface area contributed by atoms with E-state index >= 15 is 0 Å². The molecule has 3 rings (SSSR count). The molecule has 0 radical (unpaired) electrons. The zero-order chi connectivity index (χ0) is 17.2. The predicted molar refractivity (Wildman–Crippen MR) is 92.1 cm³/mol. The molecular formula is C16H21N3O4S. The summed E-state index contributed by atoms with van der Waals surface area (Å²) in [6.07, 6.45) is 4.83. The molecule has 2 fully saturated rings. The summed E-state index contributed by atoms with van der Waals surface area (Å²) in [6.45, 7) is 1.81. The van der Waals surface area contributed by atoms with Crippen LogP contribution in [0.15, 0.2) is 23.1 Å². The van der Waals surface area contributed by atoms with E-state index in [9.17, 15) is 14.9 Å². The van der Waals surface area contributed by atoms with Crippen LogP contribution >= 0.6 is 11.9 Å². The maximum atomic E-state index is 11.4. The first-order chi connectivity index (χ1) is 11.5. The van der Waals surface area contributed by atoms with E-state index in [1.807, 2.05) is 6.07 Å². The van der Waals surface area contributed by atoms with Crippen LogP contribution in [-0.2, 0) is 9.53 Å². The number of ether oxygens (including phenoxy) is 1. The van der Waals surface area contributed by atoms with Gasteiger partial charge in [0.2, 0.25) is 0 Å². The number of benzene rings is 1. The summed E-state index contributed by atoms with van der Waals surface area (Å²) < 4.78 is 7.48. The van der Waals surface area contributed by atoms with E-state index in [1.165, 1.54) is 31.9 Å². The number of esters is 1. The molecule has 1 aliphatic carbocycles. The normalized spacial score (nSPS) is 18.5. The quantitative estimate of drug-likeness (QED) is 0.365. The molecule has 1 heterocycles. The Bertz CT molecular complexity index is 638. The molecule has 130 valence electrons. The van der Waals surface area contributed by atoms with E-state index in [1.54, 1.807) is 12.1 Å². The second-order valence-corrected chi connectivity index (χ2v) is 7.36. The highest BCUT2D eigenvalue weighted by atomic mass is 32.2. The number of hydrogen-bond donors (Lipinski definition) is 1. The van der Waals surface area contributed by atoms with Crippen molar-refractivity contribution in [2.24, 2.45) is 5.41 Å². The highest BCUT2D eigenvalue weighted by Crippen LogP contribution is 2.54. The Morgan fingerprint density at radius 1 is 1.38 bits per heavy atom. The summed E-state index contributed by atoms with van der Waals surface area (Å²) in [5, 5.41) is 11.4. The standard InChI is InChI=1S/C16H21N3O4S/c1-23-15(20)11-17-24-12-2-3-13(19(21)22)14(10-12)18-8-6-16(4-5-16)7-9-18/h2-3,10,17H,4-9,11H2,1H3. The molecule has 1 aromatic carbocycles. The number of carbonyl (C=O) groups is 1. The van der Waals surface area contributed by atoms with Crippen LogP contribution in [0.2, 0.25) is 0 Å². The number of nitro groups is 1. The van der Waals surface area contributed by atoms with Crippen molar-refractivity contribution in [1.82, 2.24) is 4.72 Å². The van der Waals surface area contributed by atoms with Crippen molar-refractivity contribution in [2.75, 3.05) is 31.6 Å². The van der Waals surface area contributed by atoms with E-state index < -0.39 is 0 Å². The monoisotopic (exact) mass is 351 g/mol. The molecule has 2 aliphatic rings. The lowest BCUT2D eigenvalue weighted by Crippen LogP contribution is -2.34. The minimum atomic E-state index is -0.351. The highest BCUT2D eigenvalue weighted by Gasteiger charge is 2.44. The van der Waals surface area contributed by atoms with E-state index in [0.717, 1.165) is 30.8 Å². The van der Waals surface area contributed by atoms with Gasteiger partial charge >= 0.3 is 5.97 Å². The molecule has 1 N–H and O–H groups in total. The Labute approximate surface area is 145 Å². The molecule has 24 heavy (non-hydrogen) atoms. The van der Waals surface area contributed by atoms with Gasteiger partial charge in [0.25, 0.3) is 5.69 Å². The molecule has 8 heteroatoms.